The molecule has 0 saturated carbocycles. The Morgan fingerprint density at radius 2 is 1.73 bits per heavy atom. The maximum absolute atomic E-state index is 13.4. The molecule has 0 atom stereocenters. The lowest BCUT2D eigenvalue weighted by atomic mass is 9.99. The van der Waals surface area contributed by atoms with Crippen LogP contribution in [-0.2, 0) is 13.0 Å². The number of carbonyl (C=O) groups excluding carboxylic acids is 3. The molecule has 1 aromatic heterocycles. The third-order valence-electron chi connectivity index (χ3n) is 6.14. The first-order chi connectivity index (χ1) is 15.6. The van der Waals surface area contributed by atoms with Crippen molar-refractivity contribution in [1.82, 2.24) is 20.0 Å². The molecule has 8 heteroatoms. The van der Waals surface area contributed by atoms with Crippen LogP contribution >= 0.6 is 11.6 Å². The highest BCUT2D eigenvalue weighted by Crippen LogP contribution is 2.32. The molecule has 0 fully saturated rings. The summed E-state index contributed by atoms with van der Waals surface area (Å²) >= 11 is 6.01. The number of benzene rings is 2. The van der Waals surface area contributed by atoms with E-state index in [1.54, 1.807) is 23.1 Å². The fourth-order valence-electron chi connectivity index (χ4n) is 4.48. The fraction of sp³-hybridized carbons (Fsp3) is 0.280. The Morgan fingerprint density at radius 1 is 1.03 bits per heavy atom. The Hall–Kier alpha value is -3.45. The largest absolute Gasteiger partial charge is 0.334 e. The molecule has 2 aliphatic rings. The van der Waals surface area contributed by atoms with Gasteiger partial charge < -0.3 is 4.90 Å². The predicted octanol–water partition coefficient (Wildman–Crippen LogP) is 4.32. The molecule has 7 nitrogen and oxygen atoms in total. The number of aromatic nitrogens is 2. The summed E-state index contributed by atoms with van der Waals surface area (Å²) in [6.07, 6.45) is 0.655. The van der Waals surface area contributed by atoms with Gasteiger partial charge in [0.15, 0.2) is 0 Å². The van der Waals surface area contributed by atoms with Crippen molar-refractivity contribution in [3.8, 4) is 11.3 Å². The molecule has 3 aromatic rings. The summed E-state index contributed by atoms with van der Waals surface area (Å²) in [5, 5.41) is 8.21. The first-order valence-corrected chi connectivity index (χ1v) is 11.2. The van der Waals surface area contributed by atoms with Crippen LogP contribution < -0.4 is 0 Å². The number of nitrogens with one attached hydrogen (secondary N) is 1. The van der Waals surface area contributed by atoms with Crippen LogP contribution in [0.4, 0.5) is 0 Å². The number of carbonyl (C=O) groups is 3. The Kier molecular flexibility index (Phi) is 4.90. The van der Waals surface area contributed by atoms with Crippen molar-refractivity contribution in [2.24, 2.45) is 0 Å². The highest BCUT2D eigenvalue weighted by Gasteiger charge is 2.42. The van der Waals surface area contributed by atoms with E-state index in [1.165, 1.54) is 4.90 Å². The zero-order valence-corrected chi connectivity index (χ0v) is 19.4. The normalized spacial score (nSPS) is 15.6. The second-order valence-corrected chi connectivity index (χ2v) is 9.83. The molecule has 0 aliphatic carbocycles. The number of hydrogen-bond acceptors (Lipinski definition) is 4. The van der Waals surface area contributed by atoms with Crippen molar-refractivity contribution >= 4 is 29.3 Å². The van der Waals surface area contributed by atoms with Gasteiger partial charge in [0.2, 0.25) is 0 Å². The lowest BCUT2D eigenvalue weighted by molar-refractivity contribution is 0.0507. The third kappa shape index (κ3) is 3.53. The number of amides is 3. The number of H-pyrrole nitrogens is 1. The topological polar surface area (TPSA) is 86.4 Å². The van der Waals surface area contributed by atoms with Gasteiger partial charge in [-0.25, -0.2) is 0 Å². The monoisotopic (exact) mass is 462 g/mol. The van der Waals surface area contributed by atoms with Gasteiger partial charge in [-0.15, -0.1) is 0 Å². The zero-order valence-electron chi connectivity index (χ0n) is 18.6. The van der Waals surface area contributed by atoms with Gasteiger partial charge in [0.05, 0.1) is 16.8 Å². The van der Waals surface area contributed by atoms with Crippen molar-refractivity contribution in [2.45, 2.75) is 39.3 Å². The Labute approximate surface area is 196 Å². The molecule has 2 aliphatic heterocycles. The van der Waals surface area contributed by atoms with Gasteiger partial charge in [0, 0.05) is 52.5 Å². The van der Waals surface area contributed by atoms with Crippen LogP contribution in [0.5, 0.6) is 0 Å². The number of aromatic amines is 1. The number of hydrogen-bond donors (Lipinski definition) is 1. The van der Waals surface area contributed by atoms with Gasteiger partial charge in [-0.2, -0.15) is 5.10 Å². The van der Waals surface area contributed by atoms with E-state index in [9.17, 15) is 14.4 Å². The molecular formula is C25H23ClN4O3. The van der Waals surface area contributed by atoms with Crippen molar-refractivity contribution in [3.05, 3.63) is 75.4 Å². The van der Waals surface area contributed by atoms with Gasteiger partial charge in [-0.05, 0) is 51.1 Å². The smallest absolute Gasteiger partial charge is 0.262 e. The van der Waals surface area contributed by atoms with Crippen molar-refractivity contribution in [1.29, 1.82) is 0 Å². The van der Waals surface area contributed by atoms with Gasteiger partial charge in [-0.1, -0.05) is 23.7 Å². The lowest BCUT2D eigenvalue weighted by Crippen LogP contribution is -2.45. The summed E-state index contributed by atoms with van der Waals surface area (Å²) in [7, 11) is 0. The summed E-state index contributed by atoms with van der Waals surface area (Å²) in [5.41, 5.74) is 4.09. The van der Waals surface area contributed by atoms with Crippen LogP contribution in [-0.4, -0.2) is 49.8 Å². The molecule has 3 amide bonds. The van der Waals surface area contributed by atoms with Crippen LogP contribution in [0.25, 0.3) is 11.3 Å². The van der Waals surface area contributed by atoms with E-state index in [1.807, 2.05) is 45.0 Å². The minimum Gasteiger partial charge on any atom is -0.334 e. The molecule has 2 aromatic carbocycles. The summed E-state index contributed by atoms with van der Waals surface area (Å²) in [4.78, 5) is 42.0. The third-order valence-corrected chi connectivity index (χ3v) is 6.39. The minimum atomic E-state index is -0.639. The summed E-state index contributed by atoms with van der Waals surface area (Å²) in [6.45, 7) is 6.38. The van der Waals surface area contributed by atoms with Crippen molar-refractivity contribution in [2.75, 3.05) is 6.54 Å². The quantitative estimate of drug-likeness (QED) is 0.574. The van der Waals surface area contributed by atoms with Crippen molar-refractivity contribution < 1.29 is 14.4 Å². The standard InChI is InChI=1S/C25H23ClN4O3/c1-25(2,3)30-23(32)17-9-6-15(12-18(17)24(30)33)22(31)29-11-10-20-19(13-29)21(28-27-20)14-4-7-16(26)8-5-14/h4-9,12H,10-11,13H2,1-3H3,(H,27,28). The van der Waals surface area contributed by atoms with Gasteiger partial charge in [0.1, 0.15) is 0 Å². The van der Waals surface area contributed by atoms with Crippen LogP contribution in [0.1, 0.15) is 63.1 Å². The molecular weight excluding hydrogens is 440 g/mol. The number of halogens is 1. The van der Waals surface area contributed by atoms with E-state index in [0.717, 1.165) is 22.5 Å². The van der Waals surface area contributed by atoms with E-state index < -0.39 is 5.54 Å². The fourth-order valence-corrected chi connectivity index (χ4v) is 4.61. The Morgan fingerprint density at radius 3 is 2.42 bits per heavy atom. The molecule has 3 heterocycles. The summed E-state index contributed by atoms with van der Waals surface area (Å²) in [6, 6.07) is 12.2. The first kappa shape index (κ1) is 21.4. The number of rotatable bonds is 2. The second-order valence-electron chi connectivity index (χ2n) is 9.39. The highest BCUT2D eigenvalue weighted by molar-refractivity contribution is 6.30. The molecule has 33 heavy (non-hydrogen) atoms. The van der Waals surface area contributed by atoms with Crippen LogP contribution in [0.3, 0.4) is 0 Å². The summed E-state index contributed by atoms with van der Waals surface area (Å²) in [5.74, 6) is -0.866. The molecule has 168 valence electrons. The number of fused-ring (bicyclic) bond motifs is 2. The maximum atomic E-state index is 13.4. The number of nitrogens with zero attached hydrogens (tertiary/aromatic N) is 3. The predicted molar refractivity (Wildman–Crippen MR) is 124 cm³/mol. The lowest BCUT2D eigenvalue weighted by Gasteiger charge is -2.29. The number of imide groups is 1. The molecule has 0 radical (unpaired) electrons. The molecule has 0 saturated heterocycles. The van der Waals surface area contributed by atoms with E-state index >= 15 is 0 Å². The maximum Gasteiger partial charge on any atom is 0.262 e. The average Bonchev–Trinajstić information content (AvgIpc) is 3.31. The van der Waals surface area contributed by atoms with Crippen LogP contribution in [0, 0.1) is 0 Å². The van der Waals surface area contributed by atoms with Crippen LogP contribution in [0.15, 0.2) is 42.5 Å². The van der Waals surface area contributed by atoms with E-state index in [-0.39, 0.29) is 23.3 Å². The summed E-state index contributed by atoms with van der Waals surface area (Å²) < 4.78 is 0. The van der Waals surface area contributed by atoms with Crippen molar-refractivity contribution in [3.63, 3.8) is 0 Å². The van der Waals surface area contributed by atoms with E-state index in [0.29, 0.717) is 35.7 Å². The minimum absolute atomic E-state index is 0.179. The van der Waals surface area contributed by atoms with E-state index in [4.69, 9.17) is 11.6 Å². The first-order valence-electron chi connectivity index (χ1n) is 10.8. The molecule has 0 unspecified atom stereocenters. The van der Waals surface area contributed by atoms with Gasteiger partial charge in [-0.3, -0.25) is 24.4 Å². The molecule has 5 rings (SSSR count). The second kappa shape index (κ2) is 7.56. The van der Waals surface area contributed by atoms with Gasteiger partial charge >= 0.3 is 0 Å². The van der Waals surface area contributed by atoms with Gasteiger partial charge in [0.25, 0.3) is 17.7 Å². The average molecular weight is 463 g/mol. The molecule has 1 N–H and O–H groups in total. The van der Waals surface area contributed by atoms with E-state index in [2.05, 4.69) is 10.2 Å². The Balaban J connectivity index is 1.43. The SMILES string of the molecule is CC(C)(C)N1C(=O)c2ccc(C(=O)N3CCc4[nH]nc(-c5ccc(Cl)cc5)c4C3)cc2C1=O. The molecule has 0 bridgehead atoms. The Bertz CT molecular complexity index is 1300. The highest BCUT2D eigenvalue weighted by atomic mass is 35.5. The molecule has 0 spiro atoms. The van der Waals surface area contributed by atoms with Crippen LogP contribution in [0.2, 0.25) is 5.02 Å². The zero-order chi connectivity index (χ0) is 23.5.